The van der Waals surface area contributed by atoms with E-state index in [1.54, 1.807) is 0 Å². The Morgan fingerprint density at radius 3 is 2.00 bits per heavy atom. The molecule has 0 bridgehead atoms. The van der Waals surface area contributed by atoms with Crippen molar-refractivity contribution < 1.29 is 19.7 Å². The highest BCUT2D eigenvalue weighted by Crippen LogP contribution is 1.83. The van der Waals surface area contributed by atoms with Gasteiger partial charge < -0.3 is 14.9 Å². The van der Waals surface area contributed by atoms with Crippen molar-refractivity contribution in [2.75, 3.05) is 13.2 Å². The van der Waals surface area contributed by atoms with Crippen LogP contribution in [0.1, 0.15) is 20.8 Å². The molecule has 0 saturated heterocycles. The SMILES string of the molecule is CC(=O)O.CC(C)OCCO. The standard InChI is InChI=1S/C5H12O2.C2H4O2/c1-5(2)7-4-3-6;1-2(3)4/h5-6H,3-4H2,1-2H3;1H3,(H,3,4). The number of carbonyl (C=O) groups is 1. The van der Waals surface area contributed by atoms with Gasteiger partial charge in [-0.25, -0.2) is 0 Å². The van der Waals surface area contributed by atoms with E-state index in [1.807, 2.05) is 13.8 Å². The van der Waals surface area contributed by atoms with Crippen LogP contribution in [0.5, 0.6) is 0 Å². The third-order valence-electron chi connectivity index (χ3n) is 0.542. The first-order valence-corrected chi connectivity index (χ1v) is 3.42. The van der Waals surface area contributed by atoms with E-state index < -0.39 is 5.97 Å². The number of rotatable bonds is 3. The van der Waals surface area contributed by atoms with Gasteiger partial charge in [0.15, 0.2) is 0 Å². The lowest BCUT2D eigenvalue weighted by atomic mass is 10.5. The zero-order chi connectivity index (χ0) is 9.28. The van der Waals surface area contributed by atoms with Crippen molar-refractivity contribution >= 4 is 5.97 Å². The Bertz CT molecular complexity index is 86.4. The van der Waals surface area contributed by atoms with Crippen LogP contribution in [-0.2, 0) is 9.53 Å². The first-order valence-electron chi connectivity index (χ1n) is 3.42. The van der Waals surface area contributed by atoms with Crippen molar-refractivity contribution in [3.8, 4) is 0 Å². The molecule has 11 heavy (non-hydrogen) atoms. The van der Waals surface area contributed by atoms with Crippen LogP contribution in [0.2, 0.25) is 0 Å². The third kappa shape index (κ3) is 44.6. The highest BCUT2D eigenvalue weighted by Gasteiger charge is 1.87. The van der Waals surface area contributed by atoms with Gasteiger partial charge in [0, 0.05) is 6.92 Å². The maximum Gasteiger partial charge on any atom is 0.300 e. The average Bonchev–Trinajstić information content (AvgIpc) is 1.82. The molecule has 4 nitrogen and oxygen atoms in total. The smallest absolute Gasteiger partial charge is 0.300 e. The first-order chi connectivity index (χ1) is 5.00. The fourth-order valence-electron chi connectivity index (χ4n) is 0.288. The molecule has 0 aromatic rings. The fraction of sp³-hybridized carbons (Fsp3) is 0.857. The number of carboxylic acids is 1. The Morgan fingerprint density at radius 1 is 1.55 bits per heavy atom. The summed E-state index contributed by atoms with van der Waals surface area (Å²) in [6, 6.07) is 0. The second-order valence-corrected chi connectivity index (χ2v) is 2.16. The van der Waals surface area contributed by atoms with Gasteiger partial charge in [-0.2, -0.15) is 0 Å². The summed E-state index contributed by atoms with van der Waals surface area (Å²) < 4.78 is 4.94. The van der Waals surface area contributed by atoms with E-state index in [2.05, 4.69) is 0 Å². The summed E-state index contributed by atoms with van der Waals surface area (Å²) in [5, 5.41) is 15.6. The van der Waals surface area contributed by atoms with Crippen molar-refractivity contribution in [2.24, 2.45) is 0 Å². The van der Waals surface area contributed by atoms with E-state index in [1.165, 1.54) is 0 Å². The minimum Gasteiger partial charge on any atom is -0.481 e. The number of ether oxygens (including phenoxy) is 1. The minimum atomic E-state index is -0.833. The van der Waals surface area contributed by atoms with Gasteiger partial charge in [0.25, 0.3) is 5.97 Å². The van der Waals surface area contributed by atoms with Crippen molar-refractivity contribution in [3.05, 3.63) is 0 Å². The van der Waals surface area contributed by atoms with E-state index >= 15 is 0 Å². The molecule has 4 heteroatoms. The van der Waals surface area contributed by atoms with E-state index in [-0.39, 0.29) is 12.7 Å². The molecule has 0 unspecified atom stereocenters. The van der Waals surface area contributed by atoms with Crippen LogP contribution < -0.4 is 0 Å². The highest BCUT2D eigenvalue weighted by molar-refractivity contribution is 5.62. The van der Waals surface area contributed by atoms with Gasteiger partial charge in [-0.3, -0.25) is 4.79 Å². The number of carboxylic acid groups (broad SMARTS) is 1. The van der Waals surface area contributed by atoms with Crippen LogP contribution in [0.25, 0.3) is 0 Å². The Morgan fingerprint density at radius 2 is 1.91 bits per heavy atom. The molecule has 0 aliphatic heterocycles. The van der Waals surface area contributed by atoms with Crippen LogP contribution in [0.4, 0.5) is 0 Å². The molecule has 0 rings (SSSR count). The molecule has 68 valence electrons. The highest BCUT2D eigenvalue weighted by atomic mass is 16.5. The van der Waals surface area contributed by atoms with Crippen molar-refractivity contribution in [1.82, 2.24) is 0 Å². The third-order valence-corrected chi connectivity index (χ3v) is 0.542. The minimum absolute atomic E-state index is 0.123. The largest absolute Gasteiger partial charge is 0.481 e. The predicted octanol–water partition coefficient (Wildman–Crippen LogP) is 0.495. The number of aliphatic hydroxyl groups is 1. The zero-order valence-corrected chi connectivity index (χ0v) is 7.20. The van der Waals surface area contributed by atoms with Crippen LogP contribution in [0.3, 0.4) is 0 Å². The number of hydrogen-bond donors (Lipinski definition) is 2. The summed E-state index contributed by atoms with van der Waals surface area (Å²) >= 11 is 0. The summed E-state index contributed by atoms with van der Waals surface area (Å²) in [4.78, 5) is 9.00. The van der Waals surface area contributed by atoms with Crippen LogP contribution in [-0.4, -0.2) is 35.5 Å². The maximum absolute atomic E-state index is 9.00. The molecular weight excluding hydrogens is 148 g/mol. The van der Waals surface area contributed by atoms with Gasteiger partial charge in [0.2, 0.25) is 0 Å². The lowest BCUT2D eigenvalue weighted by Gasteiger charge is -2.02. The lowest BCUT2D eigenvalue weighted by molar-refractivity contribution is -0.134. The quantitative estimate of drug-likeness (QED) is 0.637. The molecule has 0 aliphatic carbocycles. The summed E-state index contributed by atoms with van der Waals surface area (Å²) in [7, 11) is 0. The summed E-state index contributed by atoms with van der Waals surface area (Å²) in [5.41, 5.74) is 0. The molecular formula is C7H16O4. The second-order valence-electron chi connectivity index (χ2n) is 2.16. The average molecular weight is 164 g/mol. The molecule has 2 N–H and O–H groups in total. The molecule has 0 radical (unpaired) electrons. The van der Waals surface area contributed by atoms with E-state index in [0.717, 1.165) is 6.92 Å². The van der Waals surface area contributed by atoms with Gasteiger partial charge in [-0.05, 0) is 13.8 Å². The molecule has 0 aromatic carbocycles. The Kier molecular flexibility index (Phi) is 11.1. The molecule has 0 aromatic heterocycles. The molecule has 0 spiro atoms. The van der Waals surface area contributed by atoms with Gasteiger partial charge in [0.05, 0.1) is 19.3 Å². The molecule has 0 saturated carbocycles. The molecule has 0 heterocycles. The monoisotopic (exact) mass is 164 g/mol. The molecule has 0 amide bonds. The van der Waals surface area contributed by atoms with Gasteiger partial charge in [0.1, 0.15) is 0 Å². The van der Waals surface area contributed by atoms with Gasteiger partial charge in [-0.15, -0.1) is 0 Å². The molecule has 0 atom stereocenters. The maximum atomic E-state index is 9.00. The van der Waals surface area contributed by atoms with Gasteiger partial charge >= 0.3 is 0 Å². The van der Waals surface area contributed by atoms with E-state index in [9.17, 15) is 0 Å². The van der Waals surface area contributed by atoms with Crippen molar-refractivity contribution in [1.29, 1.82) is 0 Å². The van der Waals surface area contributed by atoms with Crippen LogP contribution in [0.15, 0.2) is 0 Å². The number of aliphatic hydroxyl groups excluding tert-OH is 1. The van der Waals surface area contributed by atoms with Crippen molar-refractivity contribution in [3.63, 3.8) is 0 Å². The number of aliphatic carboxylic acids is 1. The van der Waals surface area contributed by atoms with E-state index in [0.29, 0.717) is 6.61 Å². The van der Waals surface area contributed by atoms with Crippen LogP contribution >= 0.6 is 0 Å². The molecule has 0 aliphatic rings. The zero-order valence-electron chi connectivity index (χ0n) is 7.20. The predicted molar refractivity (Wildman–Crippen MR) is 41.5 cm³/mol. The van der Waals surface area contributed by atoms with Crippen molar-refractivity contribution in [2.45, 2.75) is 26.9 Å². The lowest BCUT2D eigenvalue weighted by Crippen LogP contribution is -2.06. The molecule has 0 fully saturated rings. The Balaban J connectivity index is 0. The Labute approximate surface area is 66.8 Å². The first kappa shape index (κ1) is 13.0. The second kappa shape index (κ2) is 9.39. The normalized spacial score (nSPS) is 8.82. The summed E-state index contributed by atoms with van der Waals surface area (Å²) in [6.07, 6.45) is 0.243. The number of hydrogen-bond acceptors (Lipinski definition) is 3. The Hall–Kier alpha value is -0.610. The van der Waals surface area contributed by atoms with Gasteiger partial charge in [-0.1, -0.05) is 0 Å². The van der Waals surface area contributed by atoms with Crippen LogP contribution in [0, 0.1) is 0 Å². The topological polar surface area (TPSA) is 66.8 Å². The summed E-state index contributed by atoms with van der Waals surface area (Å²) in [5.74, 6) is -0.833. The van der Waals surface area contributed by atoms with E-state index in [4.69, 9.17) is 19.7 Å². The summed E-state index contributed by atoms with van der Waals surface area (Å²) in [6.45, 7) is 5.54. The fourth-order valence-corrected chi connectivity index (χ4v) is 0.288.